The van der Waals surface area contributed by atoms with Crippen LogP contribution < -0.4 is 4.74 Å². The maximum atomic E-state index is 12.4. The third-order valence-corrected chi connectivity index (χ3v) is 6.18. The average Bonchev–Trinajstić information content (AvgIpc) is 2.69. The summed E-state index contributed by atoms with van der Waals surface area (Å²) in [6.45, 7) is 4.67. The van der Waals surface area contributed by atoms with Gasteiger partial charge < -0.3 is 14.5 Å². The fourth-order valence-electron chi connectivity index (χ4n) is 4.13. The molecule has 0 spiro atoms. The highest BCUT2D eigenvalue weighted by molar-refractivity contribution is 6.30. The number of ether oxygens (including phenoxy) is 1. The molecule has 0 N–H and O–H groups in total. The predicted octanol–water partition coefficient (Wildman–Crippen LogP) is 6.23. The van der Waals surface area contributed by atoms with Crippen molar-refractivity contribution in [3.63, 3.8) is 0 Å². The van der Waals surface area contributed by atoms with E-state index in [9.17, 15) is 4.79 Å². The van der Waals surface area contributed by atoms with Gasteiger partial charge in [0, 0.05) is 18.1 Å². The molecule has 0 bridgehead atoms. The zero-order valence-corrected chi connectivity index (χ0v) is 18.6. The second-order valence-corrected chi connectivity index (χ2v) is 8.70. The Morgan fingerprint density at radius 1 is 1.04 bits per heavy atom. The minimum Gasteiger partial charge on any atom is -0.410 e. The molecule has 1 amide bonds. The van der Waals surface area contributed by atoms with E-state index in [0.717, 1.165) is 18.8 Å². The molecule has 0 unspecified atom stereocenters. The first-order valence-electron chi connectivity index (χ1n) is 10.9. The summed E-state index contributed by atoms with van der Waals surface area (Å²) in [5, 5.41) is 0.638. The number of carbonyl (C=O) groups is 1. The Bertz CT molecular complexity index is 570. The van der Waals surface area contributed by atoms with Crippen molar-refractivity contribution >= 4 is 17.7 Å². The number of carbonyl (C=O) groups excluding carboxylic acids is 1. The molecule has 28 heavy (non-hydrogen) atoms. The lowest BCUT2D eigenvalue weighted by atomic mass is 9.82. The molecule has 0 saturated heterocycles. The predicted molar refractivity (Wildman–Crippen MR) is 117 cm³/mol. The molecule has 0 aliphatic heterocycles. The molecule has 1 aliphatic rings. The Hall–Kier alpha value is -1.26. The van der Waals surface area contributed by atoms with E-state index in [2.05, 4.69) is 18.9 Å². The molecule has 0 heterocycles. The van der Waals surface area contributed by atoms with Crippen LogP contribution in [0.15, 0.2) is 24.3 Å². The van der Waals surface area contributed by atoms with Gasteiger partial charge in [-0.25, -0.2) is 4.79 Å². The Balaban J connectivity index is 1.61. The second kappa shape index (κ2) is 12.3. The number of unbranched alkanes of at least 4 members (excludes halogenated alkanes) is 2. The average molecular weight is 409 g/mol. The van der Waals surface area contributed by atoms with Gasteiger partial charge in [0.1, 0.15) is 5.75 Å². The van der Waals surface area contributed by atoms with Crippen molar-refractivity contribution in [1.82, 2.24) is 9.80 Å². The van der Waals surface area contributed by atoms with Crippen molar-refractivity contribution in [2.75, 3.05) is 27.2 Å². The van der Waals surface area contributed by atoms with Crippen LogP contribution in [-0.2, 0) is 0 Å². The van der Waals surface area contributed by atoms with Crippen molar-refractivity contribution in [2.24, 2.45) is 5.92 Å². The van der Waals surface area contributed by atoms with Gasteiger partial charge in [-0.05, 0) is 88.8 Å². The van der Waals surface area contributed by atoms with Crippen molar-refractivity contribution in [3.8, 4) is 5.75 Å². The second-order valence-electron chi connectivity index (χ2n) is 8.26. The molecule has 2 rings (SSSR count). The van der Waals surface area contributed by atoms with Crippen molar-refractivity contribution in [1.29, 1.82) is 0 Å². The highest BCUT2D eigenvalue weighted by Gasteiger charge is 2.27. The molecule has 4 nitrogen and oxygen atoms in total. The lowest BCUT2D eigenvalue weighted by molar-refractivity contribution is 0.123. The quantitative estimate of drug-likeness (QED) is 0.430. The number of amides is 1. The van der Waals surface area contributed by atoms with Gasteiger partial charge in [-0.3, -0.25) is 0 Å². The van der Waals surface area contributed by atoms with E-state index in [1.165, 1.54) is 58.0 Å². The van der Waals surface area contributed by atoms with Gasteiger partial charge in [0.05, 0.1) is 0 Å². The van der Waals surface area contributed by atoms with Crippen LogP contribution in [0.3, 0.4) is 0 Å². The number of benzene rings is 1. The SMILES string of the molecule is CCCN(C)CCCCCC1CCC(N(C)C(=O)Oc2ccc(Cl)cc2)CC1. The first kappa shape index (κ1) is 23.0. The summed E-state index contributed by atoms with van der Waals surface area (Å²) in [4.78, 5) is 16.6. The van der Waals surface area contributed by atoms with Crippen LogP contribution in [0.2, 0.25) is 5.02 Å². The van der Waals surface area contributed by atoms with Crippen LogP contribution in [-0.4, -0.2) is 49.1 Å². The summed E-state index contributed by atoms with van der Waals surface area (Å²) in [6.07, 6.45) is 10.9. The molecular weight excluding hydrogens is 372 g/mol. The molecule has 0 atom stereocenters. The normalized spacial score (nSPS) is 19.6. The zero-order valence-electron chi connectivity index (χ0n) is 17.8. The van der Waals surface area contributed by atoms with Crippen molar-refractivity contribution < 1.29 is 9.53 Å². The first-order valence-corrected chi connectivity index (χ1v) is 11.3. The number of hydrogen-bond donors (Lipinski definition) is 0. The van der Waals surface area contributed by atoms with Crippen LogP contribution in [0.25, 0.3) is 0 Å². The number of rotatable bonds is 10. The molecule has 158 valence electrons. The lowest BCUT2D eigenvalue weighted by Crippen LogP contribution is -2.41. The summed E-state index contributed by atoms with van der Waals surface area (Å²) >= 11 is 5.87. The fraction of sp³-hybridized carbons (Fsp3) is 0.696. The van der Waals surface area contributed by atoms with E-state index in [1.807, 2.05) is 7.05 Å². The van der Waals surface area contributed by atoms with Gasteiger partial charge in [0.15, 0.2) is 0 Å². The smallest absolute Gasteiger partial charge is 0.410 e. The summed E-state index contributed by atoms with van der Waals surface area (Å²) in [5.74, 6) is 1.37. The van der Waals surface area contributed by atoms with Gasteiger partial charge in [0.2, 0.25) is 0 Å². The largest absolute Gasteiger partial charge is 0.415 e. The minimum absolute atomic E-state index is 0.276. The number of nitrogens with zero attached hydrogens (tertiary/aromatic N) is 2. The first-order chi connectivity index (χ1) is 13.5. The molecule has 1 aromatic carbocycles. The Morgan fingerprint density at radius 3 is 2.36 bits per heavy atom. The highest BCUT2D eigenvalue weighted by atomic mass is 35.5. The molecule has 1 aliphatic carbocycles. The summed E-state index contributed by atoms with van der Waals surface area (Å²) in [5.41, 5.74) is 0. The van der Waals surface area contributed by atoms with E-state index in [1.54, 1.807) is 29.2 Å². The van der Waals surface area contributed by atoms with Crippen molar-refractivity contribution in [3.05, 3.63) is 29.3 Å². The molecule has 0 aromatic heterocycles. The van der Waals surface area contributed by atoms with Gasteiger partial charge in [-0.15, -0.1) is 0 Å². The van der Waals surface area contributed by atoms with E-state index in [4.69, 9.17) is 16.3 Å². The maximum absolute atomic E-state index is 12.4. The summed E-state index contributed by atoms with van der Waals surface area (Å²) in [6, 6.07) is 7.21. The fourth-order valence-corrected chi connectivity index (χ4v) is 4.26. The molecule has 1 aromatic rings. The molecule has 1 saturated carbocycles. The number of halogens is 1. The Kier molecular flexibility index (Phi) is 10.1. The minimum atomic E-state index is -0.276. The monoisotopic (exact) mass is 408 g/mol. The maximum Gasteiger partial charge on any atom is 0.415 e. The molecule has 1 fully saturated rings. The summed E-state index contributed by atoms with van der Waals surface area (Å²) < 4.78 is 5.46. The van der Waals surface area contributed by atoms with Gasteiger partial charge >= 0.3 is 6.09 Å². The van der Waals surface area contributed by atoms with E-state index >= 15 is 0 Å². The van der Waals surface area contributed by atoms with Gasteiger partial charge in [-0.1, -0.05) is 37.8 Å². The van der Waals surface area contributed by atoms with Crippen LogP contribution >= 0.6 is 11.6 Å². The Labute approximate surface area is 176 Å². The van der Waals surface area contributed by atoms with Gasteiger partial charge in [-0.2, -0.15) is 0 Å². The third kappa shape index (κ3) is 8.00. The van der Waals surface area contributed by atoms with Crippen molar-refractivity contribution in [2.45, 2.75) is 70.8 Å². The van der Waals surface area contributed by atoms with Crippen LogP contribution in [0.1, 0.15) is 64.7 Å². The third-order valence-electron chi connectivity index (χ3n) is 5.93. The highest BCUT2D eigenvalue weighted by Crippen LogP contribution is 2.31. The van der Waals surface area contributed by atoms with E-state index in [0.29, 0.717) is 16.8 Å². The standard InChI is InChI=1S/C23H37ClN2O2/c1-4-17-25(2)18-7-5-6-8-19-9-13-21(14-10-19)26(3)23(27)28-22-15-11-20(24)12-16-22/h11-12,15-16,19,21H,4-10,13-14,17-18H2,1-3H3. The van der Waals surface area contributed by atoms with Crippen LogP contribution in [0, 0.1) is 5.92 Å². The number of hydrogen-bond acceptors (Lipinski definition) is 3. The van der Waals surface area contributed by atoms with E-state index in [-0.39, 0.29) is 6.09 Å². The van der Waals surface area contributed by atoms with E-state index < -0.39 is 0 Å². The molecular formula is C23H37ClN2O2. The molecule has 5 heteroatoms. The summed E-state index contributed by atoms with van der Waals surface area (Å²) in [7, 11) is 4.08. The zero-order chi connectivity index (χ0) is 20.4. The lowest BCUT2D eigenvalue weighted by Gasteiger charge is -2.34. The Morgan fingerprint density at radius 2 is 1.71 bits per heavy atom. The van der Waals surface area contributed by atoms with Crippen LogP contribution in [0.4, 0.5) is 4.79 Å². The van der Waals surface area contributed by atoms with Crippen LogP contribution in [0.5, 0.6) is 5.75 Å². The topological polar surface area (TPSA) is 32.8 Å². The van der Waals surface area contributed by atoms with Gasteiger partial charge in [0.25, 0.3) is 0 Å². The molecule has 0 radical (unpaired) electrons.